The van der Waals surface area contributed by atoms with Gasteiger partial charge in [0.1, 0.15) is 6.54 Å². The maximum absolute atomic E-state index is 11.9. The van der Waals surface area contributed by atoms with E-state index < -0.39 is 5.97 Å². The number of hydrogen-bond acceptors (Lipinski definition) is 3. The Bertz CT molecular complexity index is 471. The molecule has 0 bridgehead atoms. The van der Waals surface area contributed by atoms with Gasteiger partial charge in [0.25, 0.3) is 5.91 Å². The van der Waals surface area contributed by atoms with E-state index in [0.29, 0.717) is 5.56 Å². The standard InChI is InChI=1S/C12H14N2O3/c1-14(7-11(15)16)12(17)9-2-3-10-8(6-9)4-5-13-10/h2-3,6,13H,4-5,7H2,1H3,(H,15,16). The first-order valence-electron chi connectivity index (χ1n) is 5.42. The highest BCUT2D eigenvalue weighted by atomic mass is 16.4. The zero-order valence-corrected chi connectivity index (χ0v) is 9.56. The molecule has 5 heteroatoms. The van der Waals surface area contributed by atoms with Crippen LogP contribution in [-0.4, -0.2) is 42.0 Å². The van der Waals surface area contributed by atoms with Gasteiger partial charge in [0.2, 0.25) is 0 Å². The molecule has 2 N–H and O–H groups in total. The first-order valence-corrected chi connectivity index (χ1v) is 5.42. The average molecular weight is 234 g/mol. The van der Waals surface area contributed by atoms with Crippen molar-refractivity contribution in [2.75, 3.05) is 25.5 Å². The number of nitrogens with one attached hydrogen (secondary N) is 1. The Labute approximate surface area is 99.0 Å². The number of hydrogen-bond donors (Lipinski definition) is 2. The number of aliphatic carboxylic acids is 1. The van der Waals surface area contributed by atoms with Crippen molar-refractivity contribution in [2.45, 2.75) is 6.42 Å². The Hall–Kier alpha value is -2.04. The van der Waals surface area contributed by atoms with Crippen molar-refractivity contribution in [3.63, 3.8) is 0 Å². The number of fused-ring (bicyclic) bond motifs is 1. The highest BCUT2D eigenvalue weighted by molar-refractivity contribution is 5.96. The zero-order chi connectivity index (χ0) is 12.4. The molecule has 1 aliphatic heterocycles. The third-order valence-electron chi connectivity index (χ3n) is 2.78. The van der Waals surface area contributed by atoms with E-state index >= 15 is 0 Å². The van der Waals surface area contributed by atoms with Crippen LogP contribution in [0.15, 0.2) is 18.2 Å². The predicted molar refractivity (Wildman–Crippen MR) is 63.2 cm³/mol. The highest BCUT2D eigenvalue weighted by Crippen LogP contribution is 2.23. The molecule has 1 aliphatic rings. The third kappa shape index (κ3) is 2.38. The fourth-order valence-corrected chi connectivity index (χ4v) is 1.93. The van der Waals surface area contributed by atoms with E-state index in [0.717, 1.165) is 24.2 Å². The van der Waals surface area contributed by atoms with Crippen LogP contribution < -0.4 is 5.32 Å². The van der Waals surface area contributed by atoms with Crippen LogP contribution in [0.2, 0.25) is 0 Å². The maximum Gasteiger partial charge on any atom is 0.323 e. The van der Waals surface area contributed by atoms with Gasteiger partial charge in [-0.3, -0.25) is 9.59 Å². The van der Waals surface area contributed by atoms with Gasteiger partial charge in [0.15, 0.2) is 0 Å². The van der Waals surface area contributed by atoms with Gasteiger partial charge in [-0.2, -0.15) is 0 Å². The molecule has 0 atom stereocenters. The number of likely N-dealkylation sites (N-methyl/N-ethyl adjacent to an activating group) is 1. The van der Waals surface area contributed by atoms with Crippen molar-refractivity contribution < 1.29 is 14.7 Å². The lowest BCUT2D eigenvalue weighted by Gasteiger charge is -2.15. The molecule has 1 heterocycles. The van der Waals surface area contributed by atoms with Gasteiger partial charge in [0, 0.05) is 24.8 Å². The normalized spacial score (nSPS) is 12.8. The molecule has 90 valence electrons. The molecule has 0 saturated heterocycles. The lowest BCUT2D eigenvalue weighted by molar-refractivity contribution is -0.137. The van der Waals surface area contributed by atoms with Crippen LogP contribution in [0.4, 0.5) is 5.69 Å². The minimum absolute atomic E-state index is 0.262. The SMILES string of the molecule is CN(CC(=O)O)C(=O)c1ccc2c(c1)CCN2. The van der Waals surface area contributed by atoms with Crippen molar-refractivity contribution in [1.82, 2.24) is 4.90 Å². The minimum Gasteiger partial charge on any atom is -0.480 e. The van der Waals surface area contributed by atoms with E-state index in [4.69, 9.17) is 5.11 Å². The summed E-state index contributed by atoms with van der Waals surface area (Å²) in [4.78, 5) is 23.7. The topological polar surface area (TPSA) is 69.6 Å². The van der Waals surface area contributed by atoms with Crippen molar-refractivity contribution in [3.8, 4) is 0 Å². The number of benzene rings is 1. The van der Waals surface area contributed by atoms with Crippen molar-refractivity contribution in [2.24, 2.45) is 0 Å². The quantitative estimate of drug-likeness (QED) is 0.812. The molecule has 0 fully saturated rings. The van der Waals surface area contributed by atoms with E-state index in [2.05, 4.69) is 5.32 Å². The van der Waals surface area contributed by atoms with Crippen LogP contribution in [0.25, 0.3) is 0 Å². The second kappa shape index (κ2) is 4.45. The first kappa shape index (κ1) is 11.4. The third-order valence-corrected chi connectivity index (χ3v) is 2.78. The number of carboxylic acids is 1. The zero-order valence-electron chi connectivity index (χ0n) is 9.56. The summed E-state index contributed by atoms with van der Waals surface area (Å²) in [5.74, 6) is -1.27. The van der Waals surface area contributed by atoms with E-state index in [1.54, 1.807) is 6.07 Å². The van der Waals surface area contributed by atoms with E-state index in [9.17, 15) is 9.59 Å². The molecule has 0 unspecified atom stereocenters. The molecule has 0 saturated carbocycles. The molecule has 1 aromatic carbocycles. The molecule has 1 amide bonds. The first-order chi connectivity index (χ1) is 8.08. The Balaban J connectivity index is 2.17. The van der Waals surface area contributed by atoms with E-state index in [-0.39, 0.29) is 12.5 Å². The summed E-state index contributed by atoms with van der Waals surface area (Å²) < 4.78 is 0. The summed E-state index contributed by atoms with van der Waals surface area (Å²) in [6.45, 7) is 0.603. The Morgan fingerprint density at radius 2 is 2.24 bits per heavy atom. The van der Waals surface area contributed by atoms with Crippen LogP contribution in [0.1, 0.15) is 15.9 Å². The van der Waals surface area contributed by atoms with E-state index in [1.165, 1.54) is 11.9 Å². The summed E-state index contributed by atoms with van der Waals surface area (Å²) >= 11 is 0. The molecular formula is C12H14N2O3. The van der Waals surface area contributed by atoms with Crippen LogP contribution in [-0.2, 0) is 11.2 Å². The summed E-state index contributed by atoms with van der Waals surface area (Å²) in [7, 11) is 1.49. The van der Waals surface area contributed by atoms with Crippen molar-refractivity contribution in [1.29, 1.82) is 0 Å². The van der Waals surface area contributed by atoms with Crippen LogP contribution in [0.5, 0.6) is 0 Å². The van der Waals surface area contributed by atoms with Gasteiger partial charge in [0.05, 0.1) is 0 Å². The number of anilines is 1. The lowest BCUT2D eigenvalue weighted by atomic mass is 10.1. The smallest absolute Gasteiger partial charge is 0.323 e. The maximum atomic E-state index is 11.9. The number of rotatable bonds is 3. The van der Waals surface area contributed by atoms with Gasteiger partial charge >= 0.3 is 5.97 Å². The molecule has 1 aromatic rings. The lowest BCUT2D eigenvalue weighted by Crippen LogP contribution is -2.31. The van der Waals surface area contributed by atoms with Gasteiger partial charge in [-0.1, -0.05) is 0 Å². The largest absolute Gasteiger partial charge is 0.480 e. The molecule has 2 rings (SSSR count). The number of carboxylic acid groups (broad SMARTS) is 1. The van der Waals surface area contributed by atoms with Gasteiger partial charge < -0.3 is 15.3 Å². The summed E-state index contributed by atoms with van der Waals surface area (Å²) in [6, 6.07) is 5.41. The Morgan fingerprint density at radius 1 is 1.47 bits per heavy atom. The highest BCUT2D eigenvalue weighted by Gasteiger charge is 2.17. The van der Waals surface area contributed by atoms with Gasteiger partial charge in [-0.05, 0) is 30.2 Å². The fraction of sp³-hybridized carbons (Fsp3) is 0.333. The summed E-state index contributed by atoms with van der Waals surface area (Å²) in [5.41, 5.74) is 2.71. The molecule has 0 spiro atoms. The minimum atomic E-state index is -1.01. The molecular weight excluding hydrogens is 220 g/mol. The summed E-state index contributed by atoms with van der Waals surface area (Å²) in [6.07, 6.45) is 0.902. The number of amides is 1. The average Bonchev–Trinajstić information content (AvgIpc) is 2.73. The van der Waals surface area contributed by atoms with Crippen molar-refractivity contribution >= 4 is 17.6 Å². The second-order valence-electron chi connectivity index (χ2n) is 4.10. The van der Waals surface area contributed by atoms with Gasteiger partial charge in [-0.25, -0.2) is 0 Å². The molecule has 5 nitrogen and oxygen atoms in total. The molecule has 0 radical (unpaired) electrons. The van der Waals surface area contributed by atoms with Crippen LogP contribution in [0, 0.1) is 0 Å². The molecule has 17 heavy (non-hydrogen) atoms. The number of nitrogens with zero attached hydrogens (tertiary/aromatic N) is 1. The van der Waals surface area contributed by atoms with Crippen LogP contribution in [0.3, 0.4) is 0 Å². The fourth-order valence-electron chi connectivity index (χ4n) is 1.93. The second-order valence-corrected chi connectivity index (χ2v) is 4.10. The summed E-state index contributed by atoms with van der Waals surface area (Å²) in [5, 5.41) is 11.8. The number of carbonyl (C=O) groups excluding carboxylic acids is 1. The Morgan fingerprint density at radius 3 is 2.94 bits per heavy atom. The van der Waals surface area contributed by atoms with Crippen LogP contribution >= 0.6 is 0 Å². The molecule has 0 aromatic heterocycles. The predicted octanol–water partition coefficient (Wildman–Crippen LogP) is 0.811. The number of carbonyl (C=O) groups is 2. The van der Waals surface area contributed by atoms with Crippen molar-refractivity contribution in [3.05, 3.63) is 29.3 Å². The Kier molecular flexibility index (Phi) is 2.99. The molecule has 0 aliphatic carbocycles. The van der Waals surface area contributed by atoms with Gasteiger partial charge in [-0.15, -0.1) is 0 Å². The van der Waals surface area contributed by atoms with E-state index in [1.807, 2.05) is 12.1 Å². The monoisotopic (exact) mass is 234 g/mol.